The summed E-state index contributed by atoms with van der Waals surface area (Å²) >= 11 is 5.80. The van der Waals surface area contributed by atoms with Gasteiger partial charge in [-0.05, 0) is 23.6 Å². The van der Waals surface area contributed by atoms with Crippen LogP contribution in [0.1, 0.15) is 30.0 Å². The van der Waals surface area contributed by atoms with Gasteiger partial charge in [-0.3, -0.25) is 14.5 Å². The Morgan fingerprint density at radius 1 is 1.17 bits per heavy atom. The SMILES string of the molecule is CCO/N=C(\C(=O)N[C@@H]1C(=O)N2C(C(=O)OC(c3ccccc3)c3ccccc3)=C(CBr)CS[C@H]12)c1nsc(N)n1. The minimum atomic E-state index is -0.908. The van der Waals surface area contributed by atoms with E-state index in [1.807, 2.05) is 60.7 Å². The van der Waals surface area contributed by atoms with Crippen LogP contribution in [0.15, 0.2) is 77.1 Å². The Morgan fingerprint density at radius 2 is 1.83 bits per heavy atom. The van der Waals surface area contributed by atoms with E-state index in [0.29, 0.717) is 11.1 Å². The van der Waals surface area contributed by atoms with E-state index in [9.17, 15) is 14.4 Å². The van der Waals surface area contributed by atoms with Gasteiger partial charge in [0.2, 0.25) is 11.5 Å². The molecule has 0 saturated carbocycles. The predicted octanol–water partition coefficient (Wildman–Crippen LogP) is 3.24. The summed E-state index contributed by atoms with van der Waals surface area (Å²) in [6.45, 7) is 1.92. The van der Waals surface area contributed by atoms with E-state index >= 15 is 0 Å². The summed E-state index contributed by atoms with van der Waals surface area (Å²) in [4.78, 5) is 50.8. The van der Waals surface area contributed by atoms with Crippen molar-refractivity contribution >= 4 is 67.9 Å². The Bertz CT molecular complexity index is 1460. The Kier molecular flexibility index (Phi) is 9.00. The molecule has 0 aliphatic carbocycles. The number of fused-ring (bicyclic) bond motifs is 1. The molecular weight excluding hydrogens is 632 g/mol. The minimum absolute atomic E-state index is 0.00280. The van der Waals surface area contributed by atoms with Gasteiger partial charge in [-0.2, -0.15) is 9.36 Å². The fourth-order valence-corrected chi connectivity index (χ4v) is 6.88. The van der Waals surface area contributed by atoms with Crippen LogP contribution in [0.5, 0.6) is 0 Å². The van der Waals surface area contributed by atoms with Crippen molar-refractivity contribution in [3.8, 4) is 0 Å². The first-order valence-electron chi connectivity index (χ1n) is 12.6. The van der Waals surface area contributed by atoms with Crippen LogP contribution in [0.2, 0.25) is 0 Å². The van der Waals surface area contributed by atoms with Gasteiger partial charge in [-0.15, -0.1) is 11.8 Å². The molecule has 5 rings (SSSR count). The zero-order valence-electron chi connectivity index (χ0n) is 21.7. The fourth-order valence-electron chi connectivity index (χ4n) is 4.38. The number of amides is 2. The monoisotopic (exact) mass is 656 g/mol. The number of anilines is 1. The molecule has 11 nitrogen and oxygen atoms in total. The number of halogens is 1. The molecule has 2 aliphatic rings. The number of carbonyl (C=O) groups excluding carboxylic acids is 3. The molecule has 3 heterocycles. The van der Waals surface area contributed by atoms with Gasteiger partial charge >= 0.3 is 5.97 Å². The van der Waals surface area contributed by atoms with Crippen molar-refractivity contribution in [1.29, 1.82) is 0 Å². The molecule has 212 valence electrons. The number of benzene rings is 2. The second kappa shape index (κ2) is 12.8. The van der Waals surface area contributed by atoms with Crippen LogP contribution in [0, 0.1) is 0 Å². The number of β-lactam (4-membered cyclic amide) rings is 1. The highest BCUT2D eigenvalue weighted by atomic mass is 79.9. The van der Waals surface area contributed by atoms with Crippen LogP contribution in [0.3, 0.4) is 0 Å². The molecule has 2 atom stereocenters. The average Bonchev–Trinajstić information content (AvgIpc) is 3.44. The molecule has 1 fully saturated rings. The van der Waals surface area contributed by atoms with E-state index in [1.165, 1.54) is 16.7 Å². The first-order chi connectivity index (χ1) is 19.9. The molecule has 0 spiro atoms. The molecule has 3 N–H and O–H groups in total. The lowest BCUT2D eigenvalue weighted by atomic mass is 10.0. The van der Waals surface area contributed by atoms with Crippen molar-refractivity contribution in [3.63, 3.8) is 0 Å². The molecule has 1 aromatic heterocycles. The summed E-state index contributed by atoms with van der Waals surface area (Å²) in [6, 6.07) is 17.9. The molecule has 2 aliphatic heterocycles. The van der Waals surface area contributed by atoms with E-state index in [4.69, 9.17) is 15.3 Å². The molecular formula is C27H25BrN6O5S2. The molecule has 2 amide bonds. The third-order valence-electron chi connectivity index (χ3n) is 6.27. The number of thioether (sulfide) groups is 1. The first-order valence-corrected chi connectivity index (χ1v) is 15.5. The number of rotatable bonds is 10. The lowest BCUT2D eigenvalue weighted by Gasteiger charge is -2.49. The topological polar surface area (TPSA) is 149 Å². The van der Waals surface area contributed by atoms with Crippen molar-refractivity contribution in [3.05, 3.63) is 88.9 Å². The zero-order chi connectivity index (χ0) is 28.9. The van der Waals surface area contributed by atoms with E-state index < -0.39 is 35.3 Å². The Balaban J connectivity index is 1.37. The van der Waals surface area contributed by atoms with Gasteiger partial charge in [0, 0.05) is 22.6 Å². The first kappa shape index (κ1) is 28.8. The number of nitrogens with two attached hydrogens (primary N) is 1. The van der Waals surface area contributed by atoms with Crippen LogP contribution in [-0.2, 0) is 24.0 Å². The lowest BCUT2D eigenvalue weighted by Crippen LogP contribution is -2.71. The lowest BCUT2D eigenvalue weighted by molar-refractivity contribution is -0.154. The van der Waals surface area contributed by atoms with E-state index in [-0.39, 0.29) is 29.0 Å². The maximum Gasteiger partial charge on any atom is 0.356 e. The zero-order valence-corrected chi connectivity index (χ0v) is 24.9. The summed E-state index contributed by atoms with van der Waals surface area (Å²) in [5.41, 5.74) is 7.97. The standard InChI is InChI=1S/C27H25BrN6O5S2/c1-2-38-32-18(22-31-27(29)41-33-22)23(35)30-19-24(36)34-20(17(13-28)14-40-25(19)34)26(37)39-21(15-9-5-3-6-10-15)16-11-7-4-8-12-16/h3-12,19,21,25H,2,13-14H2,1H3,(H,30,35)(H2,29,31,33)/b32-18-/t19-,25-/m1/s1. The van der Waals surface area contributed by atoms with Gasteiger partial charge in [-0.1, -0.05) is 81.7 Å². The van der Waals surface area contributed by atoms with Crippen molar-refractivity contribution in [2.24, 2.45) is 5.16 Å². The average molecular weight is 658 g/mol. The van der Waals surface area contributed by atoms with Crippen LogP contribution in [0.4, 0.5) is 5.13 Å². The van der Waals surface area contributed by atoms with Crippen LogP contribution < -0.4 is 11.1 Å². The van der Waals surface area contributed by atoms with Crippen LogP contribution in [-0.4, -0.2) is 66.9 Å². The van der Waals surface area contributed by atoms with Crippen molar-refractivity contribution in [2.45, 2.75) is 24.4 Å². The number of carbonyl (C=O) groups is 3. The number of hydrogen-bond acceptors (Lipinski definition) is 11. The Morgan fingerprint density at radius 3 is 2.39 bits per heavy atom. The molecule has 0 bridgehead atoms. The highest BCUT2D eigenvalue weighted by Crippen LogP contribution is 2.42. The number of hydrogen-bond donors (Lipinski definition) is 2. The summed E-state index contributed by atoms with van der Waals surface area (Å²) in [7, 11) is 0. The maximum absolute atomic E-state index is 13.7. The summed E-state index contributed by atoms with van der Waals surface area (Å²) in [5.74, 6) is -1.30. The summed E-state index contributed by atoms with van der Waals surface area (Å²) in [6.07, 6.45) is -0.677. The maximum atomic E-state index is 13.7. The number of aromatic nitrogens is 2. The van der Waals surface area contributed by atoms with Crippen molar-refractivity contribution in [2.75, 3.05) is 23.4 Å². The largest absolute Gasteiger partial charge is 0.448 e. The molecule has 2 aromatic carbocycles. The van der Waals surface area contributed by atoms with Gasteiger partial charge in [0.25, 0.3) is 11.8 Å². The molecule has 14 heteroatoms. The third-order valence-corrected chi connectivity index (χ3v) is 8.83. The van der Waals surface area contributed by atoms with Crippen LogP contribution in [0.25, 0.3) is 0 Å². The van der Waals surface area contributed by atoms with Gasteiger partial charge in [0.15, 0.2) is 11.2 Å². The fraction of sp³-hybridized carbons (Fsp3) is 0.259. The van der Waals surface area contributed by atoms with E-state index in [0.717, 1.165) is 28.2 Å². The highest BCUT2D eigenvalue weighted by Gasteiger charge is 2.55. The number of alkyl halides is 1. The highest BCUT2D eigenvalue weighted by molar-refractivity contribution is 9.09. The molecule has 41 heavy (non-hydrogen) atoms. The van der Waals surface area contributed by atoms with Crippen LogP contribution >= 0.6 is 39.2 Å². The smallest absolute Gasteiger partial charge is 0.356 e. The van der Waals surface area contributed by atoms with Crippen molar-refractivity contribution in [1.82, 2.24) is 19.6 Å². The number of nitrogens with one attached hydrogen (secondary N) is 1. The third kappa shape index (κ3) is 5.99. The second-order valence-corrected chi connectivity index (χ2v) is 11.3. The normalized spacial score (nSPS) is 18.6. The van der Waals surface area contributed by atoms with Gasteiger partial charge < -0.3 is 20.6 Å². The number of nitrogen functional groups attached to an aromatic ring is 1. The van der Waals surface area contributed by atoms with Gasteiger partial charge in [0.05, 0.1) is 0 Å². The number of oxime groups is 1. The molecule has 0 unspecified atom stereocenters. The van der Waals surface area contributed by atoms with Gasteiger partial charge in [0.1, 0.15) is 23.7 Å². The van der Waals surface area contributed by atoms with Gasteiger partial charge in [-0.25, -0.2) is 4.79 Å². The van der Waals surface area contributed by atoms with Crippen molar-refractivity contribution < 1.29 is 24.0 Å². The Labute approximate surface area is 252 Å². The molecule has 3 aromatic rings. The van der Waals surface area contributed by atoms with E-state index in [2.05, 4.69) is 35.8 Å². The minimum Gasteiger partial charge on any atom is -0.448 e. The summed E-state index contributed by atoms with van der Waals surface area (Å²) < 4.78 is 10.1. The number of nitrogens with zero attached hydrogens (tertiary/aromatic N) is 4. The summed E-state index contributed by atoms with van der Waals surface area (Å²) in [5, 5.41) is 6.55. The quantitative estimate of drug-likeness (QED) is 0.110. The Hall–Kier alpha value is -3.75. The number of esters is 1. The van der Waals surface area contributed by atoms with E-state index in [1.54, 1.807) is 6.92 Å². The predicted molar refractivity (Wildman–Crippen MR) is 159 cm³/mol. The molecule has 0 radical (unpaired) electrons. The number of ether oxygens (including phenoxy) is 1. The second-order valence-electron chi connectivity index (χ2n) is 8.87. The molecule has 1 saturated heterocycles.